The van der Waals surface area contributed by atoms with E-state index in [1.165, 1.54) is 36.6 Å². The number of benzene rings is 1. The number of likely N-dealkylation sites (tertiary alicyclic amines) is 1. The van der Waals surface area contributed by atoms with Crippen LogP contribution in [0.5, 0.6) is 5.75 Å². The molecule has 6 nitrogen and oxygen atoms in total. The monoisotopic (exact) mass is 414 g/mol. The van der Waals surface area contributed by atoms with Gasteiger partial charge in [-0.25, -0.2) is 9.97 Å². The molecule has 1 aliphatic rings. The number of aryl methyl sites for hydroxylation is 2. The number of carbonyl (C=O) groups excluding carboxylic acids is 1. The summed E-state index contributed by atoms with van der Waals surface area (Å²) in [6, 6.07) is 10.3. The van der Waals surface area contributed by atoms with Gasteiger partial charge in [0, 0.05) is 17.9 Å². The molecule has 0 saturated carbocycles. The zero-order chi connectivity index (χ0) is 20.6. The third-order valence-corrected chi connectivity index (χ3v) is 5.97. The molecule has 3 rings (SSSR count). The first kappa shape index (κ1) is 21.6. The first-order valence-corrected chi connectivity index (χ1v) is 11.1. The number of ether oxygens (including phenoxy) is 1. The summed E-state index contributed by atoms with van der Waals surface area (Å²) in [6.07, 6.45) is 3.70. The average Bonchev–Trinajstić information content (AvgIpc) is 2.73. The molecular weight excluding hydrogens is 384 g/mol. The summed E-state index contributed by atoms with van der Waals surface area (Å²) in [4.78, 5) is 23.7. The SMILES string of the molecule is COc1ccc([C@H](CNC(=O)CSc2nc(C)cc(C)n2)N2CCCCC2)cc1. The largest absolute Gasteiger partial charge is 0.497 e. The van der Waals surface area contributed by atoms with E-state index in [0.717, 1.165) is 30.2 Å². The predicted molar refractivity (Wildman–Crippen MR) is 116 cm³/mol. The van der Waals surface area contributed by atoms with Gasteiger partial charge in [-0.1, -0.05) is 30.3 Å². The molecule has 29 heavy (non-hydrogen) atoms. The summed E-state index contributed by atoms with van der Waals surface area (Å²) < 4.78 is 5.29. The third-order valence-electron chi connectivity index (χ3n) is 5.12. The van der Waals surface area contributed by atoms with Gasteiger partial charge < -0.3 is 10.1 Å². The second-order valence-electron chi connectivity index (χ2n) is 7.41. The van der Waals surface area contributed by atoms with Crippen LogP contribution in [0.3, 0.4) is 0 Å². The number of hydrogen-bond acceptors (Lipinski definition) is 6. The van der Waals surface area contributed by atoms with Crippen LogP contribution in [0, 0.1) is 13.8 Å². The molecule has 7 heteroatoms. The van der Waals surface area contributed by atoms with Crippen molar-refractivity contribution in [2.75, 3.05) is 32.5 Å². The summed E-state index contributed by atoms with van der Waals surface area (Å²) in [7, 11) is 1.68. The van der Waals surface area contributed by atoms with Gasteiger partial charge in [0.1, 0.15) is 5.75 Å². The highest BCUT2D eigenvalue weighted by molar-refractivity contribution is 7.99. The normalized spacial score (nSPS) is 15.7. The Kier molecular flexibility index (Phi) is 7.89. The molecule has 1 atom stereocenters. The van der Waals surface area contributed by atoms with E-state index in [9.17, 15) is 4.79 Å². The lowest BCUT2D eigenvalue weighted by atomic mass is 10.0. The number of amides is 1. The molecule has 1 aromatic heterocycles. The van der Waals surface area contributed by atoms with Crippen molar-refractivity contribution in [3.63, 3.8) is 0 Å². The van der Waals surface area contributed by atoms with Crippen LogP contribution in [0.2, 0.25) is 0 Å². The third kappa shape index (κ3) is 6.44. The maximum absolute atomic E-state index is 12.5. The summed E-state index contributed by atoms with van der Waals surface area (Å²) in [5.74, 6) is 1.17. The number of thioether (sulfide) groups is 1. The second kappa shape index (κ2) is 10.6. The minimum Gasteiger partial charge on any atom is -0.497 e. The summed E-state index contributed by atoms with van der Waals surface area (Å²) in [6.45, 7) is 6.61. The fourth-order valence-corrected chi connectivity index (χ4v) is 4.44. The molecule has 2 heterocycles. The Labute approximate surface area is 177 Å². The summed E-state index contributed by atoms with van der Waals surface area (Å²) in [5, 5.41) is 3.77. The maximum atomic E-state index is 12.5. The Balaban J connectivity index is 1.60. The molecule has 0 bridgehead atoms. The molecule has 0 radical (unpaired) electrons. The lowest BCUT2D eigenvalue weighted by molar-refractivity contribution is -0.118. The molecule has 2 aromatic rings. The Morgan fingerprint density at radius 3 is 2.41 bits per heavy atom. The smallest absolute Gasteiger partial charge is 0.230 e. The van der Waals surface area contributed by atoms with Gasteiger partial charge in [0.25, 0.3) is 0 Å². The minimum atomic E-state index is 0.00767. The standard InChI is InChI=1S/C22H30N4O2S/c1-16-13-17(2)25-22(24-16)29-15-21(27)23-14-20(26-11-5-4-6-12-26)18-7-9-19(28-3)10-8-18/h7-10,13,20H,4-6,11-12,14-15H2,1-3H3,(H,23,27)/t20-/m0/s1. The van der Waals surface area contributed by atoms with Crippen LogP contribution in [0.4, 0.5) is 0 Å². The van der Waals surface area contributed by atoms with Crippen LogP contribution < -0.4 is 10.1 Å². The zero-order valence-electron chi connectivity index (χ0n) is 17.5. The van der Waals surface area contributed by atoms with Crippen molar-refractivity contribution in [2.45, 2.75) is 44.3 Å². The number of hydrogen-bond donors (Lipinski definition) is 1. The Morgan fingerprint density at radius 1 is 1.14 bits per heavy atom. The Morgan fingerprint density at radius 2 is 1.79 bits per heavy atom. The van der Waals surface area contributed by atoms with E-state index in [2.05, 4.69) is 32.3 Å². The number of carbonyl (C=O) groups is 1. The Hall–Kier alpha value is -2.12. The molecule has 1 N–H and O–H groups in total. The topological polar surface area (TPSA) is 67.3 Å². The first-order valence-electron chi connectivity index (χ1n) is 10.1. The van der Waals surface area contributed by atoms with Crippen molar-refractivity contribution >= 4 is 17.7 Å². The van der Waals surface area contributed by atoms with Gasteiger partial charge in [0.15, 0.2) is 5.16 Å². The fraction of sp³-hybridized carbons (Fsp3) is 0.500. The fourth-order valence-electron chi connectivity index (χ4n) is 3.66. The van der Waals surface area contributed by atoms with Gasteiger partial charge in [0.2, 0.25) is 5.91 Å². The number of nitrogens with one attached hydrogen (secondary N) is 1. The van der Waals surface area contributed by atoms with Crippen LogP contribution in [0.1, 0.15) is 42.3 Å². The molecule has 1 saturated heterocycles. The van der Waals surface area contributed by atoms with Crippen molar-refractivity contribution < 1.29 is 9.53 Å². The molecule has 1 aliphatic heterocycles. The highest BCUT2D eigenvalue weighted by Gasteiger charge is 2.23. The number of methoxy groups -OCH3 is 1. The number of aromatic nitrogens is 2. The van der Waals surface area contributed by atoms with E-state index in [4.69, 9.17) is 4.74 Å². The Bertz CT molecular complexity index is 787. The lowest BCUT2D eigenvalue weighted by Gasteiger charge is -2.35. The molecule has 1 fully saturated rings. The molecule has 156 valence electrons. The predicted octanol–water partition coefficient (Wildman–Crippen LogP) is 3.54. The van der Waals surface area contributed by atoms with E-state index >= 15 is 0 Å². The maximum Gasteiger partial charge on any atom is 0.230 e. The van der Waals surface area contributed by atoms with Crippen molar-refractivity contribution in [3.05, 3.63) is 47.3 Å². The van der Waals surface area contributed by atoms with E-state index in [1.807, 2.05) is 32.0 Å². The molecule has 1 amide bonds. The lowest BCUT2D eigenvalue weighted by Crippen LogP contribution is -2.41. The van der Waals surface area contributed by atoms with E-state index in [1.54, 1.807) is 7.11 Å². The van der Waals surface area contributed by atoms with E-state index in [0.29, 0.717) is 17.5 Å². The molecule has 0 spiro atoms. The second-order valence-corrected chi connectivity index (χ2v) is 8.35. The van der Waals surface area contributed by atoms with Crippen LogP contribution in [-0.4, -0.2) is 53.3 Å². The van der Waals surface area contributed by atoms with Crippen molar-refractivity contribution in [3.8, 4) is 5.75 Å². The van der Waals surface area contributed by atoms with Gasteiger partial charge in [-0.15, -0.1) is 0 Å². The summed E-state index contributed by atoms with van der Waals surface area (Å²) in [5.41, 5.74) is 3.05. The van der Waals surface area contributed by atoms with E-state index in [-0.39, 0.29) is 11.9 Å². The van der Waals surface area contributed by atoms with Crippen molar-refractivity contribution in [2.24, 2.45) is 0 Å². The highest BCUT2D eigenvalue weighted by Crippen LogP contribution is 2.26. The molecule has 0 aliphatic carbocycles. The van der Waals surface area contributed by atoms with Crippen LogP contribution >= 0.6 is 11.8 Å². The van der Waals surface area contributed by atoms with Gasteiger partial charge in [-0.05, 0) is 63.5 Å². The van der Waals surface area contributed by atoms with Crippen molar-refractivity contribution in [1.82, 2.24) is 20.2 Å². The molecular formula is C22H30N4O2S. The molecule has 1 aromatic carbocycles. The van der Waals surface area contributed by atoms with E-state index < -0.39 is 0 Å². The van der Waals surface area contributed by atoms with Gasteiger partial charge >= 0.3 is 0 Å². The average molecular weight is 415 g/mol. The number of rotatable bonds is 8. The highest BCUT2D eigenvalue weighted by atomic mass is 32.2. The van der Waals surface area contributed by atoms with Gasteiger partial charge in [-0.3, -0.25) is 9.69 Å². The number of piperidine rings is 1. The number of nitrogens with zero attached hydrogens (tertiary/aromatic N) is 3. The zero-order valence-corrected chi connectivity index (χ0v) is 18.3. The first-order chi connectivity index (χ1) is 14.0. The van der Waals surface area contributed by atoms with Crippen LogP contribution in [0.15, 0.2) is 35.5 Å². The summed E-state index contributed by atoms with van der Waals surface area (Å²) >= 11 is 1.38. The quantitative estimate of drug-likeness (QED) is 0.526. The van der Waals surface area contributed by atoms with Crippen LogP contribution in [0.25, 0.3) is 0 Å². The van der Waals surface area contributed by atoms with Gasteiger partial charge in [0.05, 0.1) is 18.9 Å². The van der Waals surface area contributed by atoms with Crippen LogP contribution in [-0.2, 0) is 4.79 Å². The minimum absolute atomic E-state index is 0.00767. The van der Waals surface area contributed by atoms with Gasteiger partial charge in [-0.2, -0.15) is 0 Å². The van der Waals surface area contributed by atoms with Crippen molar-refractivity contribution in [1.29, 1.82) is 0 Å². The molecule has 0 unspecified atom stereocenters.